The molecule has 0 aromatic carbocycles. The average Bonchev–Trinajstić information content (AvgIpc) is 3.24. The average molecular weight is 379 g/mol. The van der Waals surface area contributed by atoms with Crippen molar-refractivity contribution in [2.24, 2.45) is 11.7 Å². The third-order valence-electron chi connectivity index (χ3n) is 4.91. The van der Waals surface area contributed by atoms with Crippen LogP contribution in [0.4, 0.5) is 0 Å². The van der Waals surface area contributed by atoms with Crippen LogP contribution >= 0.6 is 0 Å². The number of nitrogens with one attached hydrogen (secondary N) is 2. The zero-order chi connectivity index (χ0) is 20.0. The van der Waals surface area contributed by atoms with E-state index in [1.165, 1.54) is 0 Å². The second-order valence-electron chi connectivity index (χ2n) is 6.93. The smallest absolute Gasteiger partial charge is 0.308 e. The van der Waals surface area contributed by atoms with E-state index in [-0.39, 0.29) is 11.8 Å². The molecule has 0 aliphatic heterocycles. The van der Waals surface area contributed by atoms with Crippen LogP contribution in [0.1, 0.15) is 55.2 Å². The van der Waals surface area contributed by atoms with E-state index < -0.39 is 24.0 Å². The minimum atomic E-state index is -0.900. The van der Waals surface area contributed by atoms with Gasteiger partial charge in [-0.3, -0.25) is 19.1 Å². The Morgan fingerprint density at radius 3 is 2.78 bits per heavy atom. The van der Waals surface area contributed by atoms with E-state index in [1.54, 1.807) is 17.7 Å². The van der Waals surface area contributed by atoms with E-state index in [2.05, 4.69) is 15.7 Å². The zero-order valence-corrected chi connectivity index (χ0v) is 15.9. The Morgan fingerprint density at radius 1 is 1.41 bits per heavy atom. The Bertz CT molecular complexity index is 687. The van der Waals surface area contributed by atoms with Gasteiger partial charge in [-0.2, -0.15) is 5.10 Å². The van der Waals surface area contributed by atoms with Crippen molar-refractivity contribution in [1.29, 1.82) is 0 Å². The molecule has 0 radical (unpaired) electrons. The Hall–Kier alpha value is -2.42. The van der Waals surface area contributed by atoms with Gasteiger partial charge in [0.15, 0.2) is 0 Å². The number of aryl methyl sites for hydroxylation is 2. The summed E-state index contributed by atoms with van der Waals surface area (Å²) in [6.45, 7) is 4.62. The second kappa shape index (κ2) is 9.50. The highest BCUT2D eigenvalue weighted by molar-refractivity contribution is 5.96. The van der Waals surface area contributed by atoms with Gasteiger partial charge in [0.05, 0.1) is 11.6 Å². The number of rotatable bonds is 9. The lowest BCUT2D eigenvalue weighted by Crippen LogP contribution is -2.51. The summed E-state index contributed by atoms with van der Waals surface area (Å²) in [4.78, 5) is 36.7. The Labute approximate surface area is 158 Å². The SMILES string of the molecule is CCn1nc(C)cc1C(=O)N[C@@H](CCCN)C(=O)N[C@H]1CCC[C@H]1C(=O)O. The number of nitrogens with zero attached hydrogens (tertiary/aromatic N) is 2. The topological polar surface area (TPSA) is 139 Å². The molecule has 3 atom stereocenters. The van der Waals surface area contributed by atoms with Crippen LogP contribution < -0.4 is 16.4 Å². The fourth-order valence-electron chi connectivity index (χ4n) is 3.50. The van der Waals surface area contributed by atoms with E-state index in [9.17, 15) is 19.5 Å². The molecule has 1 aromatic heterocycles. The Kier molecular flexibility index (Phi) is 7.35. The Balaban J connectivity index is 2.08. The number of carboxylic acids is 1. The van der Waals surface area contributed by atoms with Crippen molar-refractivity contribution in [3.63, 3.8) is 0 Å². The highest BCUT2D eigenvalue weighted by atomic mass is 16.4. The molecule has 2 rings (SSSR count). The van der Waals surface area contributed by atoms with Crippen molar-refractivity contribution in [3.8, 4) is 0 Å². The molecule has 0 bridgehead atoms. The van der Waals surface area contributed by atoms with Gasteiger partial charge in [0, 0.05) is 12.6 Å². The lowest BCUT2D eigenvalue weighted by Gasteiger charge is -2.23. The van der Waals surface area contributed by atoms with Gasteiger partial charge in [0.1, 0.15) is 11.7 Å². The molecular formula is C18H29N5O4. The van der Waals surface area contributed by atoms with Crippen molar-refractivity contribution >= 4 is 17.8 Å². The minimum absolute atomic E-state index is 0.366. The van der Waals surface area contributed by atoms with Crippen LogP contribution in [0, 0.1) is 12.8 Å². The molecule has 9 heteroatoms. The van der Waals surface area contributed by atoms with Gasteiger partial charge in [-0.1, -0.05) is 6.42 Å². The number of carboxylic acid groups (broad SMARTS) is 1. The molecule has 27 heavy (non-hydrogen) atoms. The summed E-state index contributed by atoms with van der Waals surface area (Å²) >= 11 is 0. The molecule has 1 aromatic rings. The van der Waals surface area contributed by atoms with Gasteiger partial charge in [0.2, 0.25) is 5.91 Å². The van der Waals surface area contributed by atoms with Crippen LogP contribution in [0.2, 0.25) is 0 Å². The van der Waals surface area contributed by atoms with Gasteiger partial charge < -0.3 is 21.5 Å². The van der Waals surface area contributed by atoms with Crippen LogP contribution in [-0.2, 0) is 16.1 Å². The van der Waals surface area contributed by atoms with E-state index >= 15 is 0 Å². The molecule has 0 spiro atoms. The van der Waals surface area contributed by atoms with Crippen molar-refractivity contribution in [1.82, 2.24) is 20.4 Å². The summed E-state index contributed by atoms with van der Waals surface area (Å²) < 4.78 is 1.58. The van der Waals surface area contributed by atoms with Crippen molar-refractivity contribution < 1.29 is 19.5 Å². The summed E-state index contributed by atoms with van der Waals surface area (Å²) in [5.41, 5.74) is 6.67. The van der Waals surface area contributed by atoms with Crippen LogP contribution in [0.25, 0.3) is 0 Å². The zero-order valence-electron chi connectivity index (χ0n) is 15.9. The second-order valence-corrected chi connectivity index (χ2v) is 6.93. The quantitative estimate of drug-likeness (QED) is 0.490. The van der Waals surface area contributed by atoms with E-state index in [0.29, 0.717) is 44.5 Å². The molecule has 0 saturated heterocycles. The molecular weight excluding hydrogens is 350 g/mol. The normalized spacial score (nSPS) is 20.3. The summed E-state index contributed by atoms with van der Waals surface area (Å²) in [7, 11) is 0. The summed E-state index contributed by atoms with van der Waals surface area (Å²) in [5, 5.41) is 19.1. The van der Waals surface area contributed by atoms with E-state index in [1.807, 2.05) is 6.92 Å². The standard InChI is InChI=1S/C18H29N5O4/c1-3-23-15(10-11(2)22-23)17(25)21-14(8-5-9-19)16(24)20-13-7-4-6-12(13)18(26)27/h10,12-14H,3-9,19H2,1-2H3,(H,20,24)(H,21,25)(H,26,27)/t12-,13+,14+/m1/s1. The first-order valence-corrected chi connectivity index (χ1v) is 9.45. The highest BCUT2D eigenvalue weighted by Gasteiger charge is 2.35. The van der Waals surface area contributed by atoms with Crippen LogP contribution in [0.3, 0.4) is 0 Å². The Morgan fingerprint density at radius 2 is 2.15 bits per heavy atom. The lowest BCUT2D eigenvalue weighted by molar-refractivity contribution is -0.142. The summed E-state index contributed by atoms with van der Waals surface area (Å²) in [6, 6.07) is 0.501. The number of carbonyl (C=O) groups is 3. The van der Waals surface area contributed by atoms with Gasteiger partial charge in [-0.05, 0) is 52.1 Å². The van der Waals surface area contributed by atoms with Gasteiger partial charge >= 0.3 is 5.97 Å². The monoisotopic (exact) mass is 379 g/mol. The minimum Gasteiger partial charge on any atom is -0.481 e. The van der Waals surface area contributed by atoms with Gasteiger partial charge in [0.25, 0.3) is 5.91 Å². The van der Waals surface area contributed by atoms with Crippen molar-refractivity contribution in [3.05, 3.63) is 17.5 Å². The number of hydrogen-bond acceptors (Lipinski definition) is 5. The summed E-state index contributed by atoms with van der Waals surface area (Å²) in [5.74, 6) is -2.23. The molecule has 0 unspecified atom stereocenters. The third-order valence-corrected chi connectivity index (χ3v) is 4.91. The first kappa shape index (κ1) is 20.9. The molecule has 1 saturated carbocycles. The van der Waals surface area contributed by atoms with Gasteiger partial charge in [-0.25, -0.2) is 0 Å². The van der Waals surface area contributed by atoms with Crippen LogP contribution in [0.5, 0.6) is 0 Å². The molecule has 1 heterocycles. The number of nitrogens with two attached hydrogens (primary N) is 1. The summed E-state index contributed by atoms with van der Waals surface area (Å²) in [6.07, 6.45) is 2.89. The first-order valence-electron chi connectivity index (χ1n) is 9.45. The molecule has 9 nitrogen and oxygen atoms in total. The van der Waals surface area contributed by atoms with Crippen LogP contribution in [-0.4, -0.2) is 51.3 Å². The molecule has 1 aliphatic carbocycles. The van der Waals surface area contributed by atoms with E-state index in [4.69, 9.17) is 5.73 Å². The maximum absolute atomic E-state index is 12.7. The fraction of sp³-hybridized carbons (Fsp3) is 0.667. The van der Waals surface area contributed by atoms with Crippen molar-refractivity contribution in [2.45, 2.75) is 64.6 Å². The fourth-order valence-corrected chi connectivity index (χ4v) is 3.50. The van der Waals surface area contributed by atoms with Gasteiger partial charge in [-0.15, -0.1) is 0 Å². The highest BCUT2D eigenvalue weighted by Crippen LogP contribution is 2.26. The van der Waals surface area contributed by atoms with Crippen LogP contribution in [0.15, 0.2) is 6.07 Å². The van der Waals surface area contributed by atoms with E-state index in [0.717, 1.165) is 12.1 Å². The largest absolute Gasteiger partial charge is 0.481 e. The predicted molar refractivity (Wildman–Crippen MR) is 99.1 cm³/mol. The third kappa shape index (κ3) is 5.29. The first-order chi connectivity index (χ1) is 12.9. The van der Waals surface area contributed by atoms with Crippen molar-refractivity contribution in [2.75, 3.05) is 6.54 Å². The number of aliphatic carboxylic acids is 1. The molecule has 1 aliphatic rings. The predicted octanol–water partition coefficient (Wildman–Crippen LogP) is 0.418. The lowest BCUT2D eigenvalue weighted by atomic mass is 10.0. The molecule has 1 fully saturated rings. The number of amides is 2. The number of hydrogen-bond donors (Lipinski definition) is 4. The maximum atomic E-state index is 12.7. The maximum Gasteiger partial charge on any atom is 0.308 e. The molecule has 5 N–H and O–H groups in total. The molecule has 150 valence electrons. The molecule has 2 amide bonds. The number of aromatic nitrogens is 2. The number of carbonyl (C=O) groups excluding carboxylic acids is 2.